The van der Waals surface area contributed by atoms with E-state index in [4.69, 9.17) is 0 Å². The average molecular weight is 248 g/mol. The number of carbonyl (C=O) groups excluding carboxylic acids is 2. The number of imide groups is 1. The molecule has 1 heterocycles. The highest BCUT2D eigenvalue weighted by atomic mass is 79.9. The van der Waals surface area contributed by atoms with Crippen LogP contribution in [-0.2, 0) is 9.59 Å². The van der Waals surface area contributed by atoms with Crippen LogP contribution in [0.25, 0.3) is 0 Å². The van der Waals surface area contributed by atoms with Crippen LogP contribution in [0.2, 0.25) is 0 Å². The van der Waals surface area contributed by atoms with Crippen LogP contribution in [0.15, 0.2) is 0 Å². The molecular weight excluding hydrogens is 234 g/mol. The minimum atomic E-state index is -0.632. The van der Waals surface area contributed by atoms with E-state index in [2.05, 4.69) is 15.9 Å². The summed E-state index contributed by atoms with van der Waals surface area (Å²) in [6.07, 6.45) is 0.495. The third-order valence-electron chi connectivity index (χ3n) is 2.07. The molecular formula is C9H14BrNO2. The van der Waals surface area contributed by atoms with Gasteiger partial charge in [-0.05, 0) is 19.8 Å². The molecule has 1 rings (SSSR count). The van der Waals surface area contributed by atoms with Crippen molar-refractivity contribution in [1.82, 2.24) is 4.90 Å². The van der Waals surface area contributed by atoms with Gasteiger partial charge in [-0.25, -0.2) is 0 Å². The van der Waals surface area contributed by atoms with Gasteiger partial charge in [0.1, 0.15) is 0 Å². The molecule has 0 saturated carbocycles. The van der Waals surface area contributed by atoms with E-state index in [1.54, 1.807) is 13.8 Å². The highest BCUT2D eigenvalue weighted by Gasteiger charge is 2.37. The predicted octanol–water partition coefficient (Wildman–Crippen LogP) is 1.55. The number of amides is 2. The maximum absolute atomic E-state index is 11.7. The first kappa shape index (κ1) is 10.7. The van der Waals surface area contributed by atoms with Crippen LogP contribution in [0.3, 0.4) is 0 Å². The molecule has 74 valence electrons. The summed E-state index contributed by atoms with van der Waals surface area (Å²) in [6, 6.07) is 0. The van der Waals surface area contributed by atoms with Crippen molar-refractivity contribution >= 4 is 27.7 Å². The van der Waals surface area contributed by atoms with Gasteiger partial charge in [-0.2, -0.15) is 0 Å². The summed E-state index contributed by atoms with van der Waals surface area (Å²) in [7, 11) is 0. The van der Waals surface area contributed by atoms with Crippen molar-refractivity contribution < 1.29 is 9.59 Å². The van der Waals surface area contributed by atoms with Crippen molar-refractivity contribution in [1.29, 1.82) is 0 Å². The molecule has 3 nitrogen and oxygen atoms in total. The second kappa shape index (κ2) is 3.40. The van der Waals surface area contributed by atoms with E-state index < -0.39 is 4.32 Å². The van der Waals surface area contributed by atoms with E-state index in [1.165, 1.54) is 4.90 Å². The fraction of sp³-hybridized carbons (Fsp3) is 0.778. The number of hydrogen-bond acceptors (Lipinski definition) is 2. The predicted molar refractivity (Wildman–Crippen MR) is 53.5 cm³/mol. The number of rotatable bonds is 1. The standard InChI is InChI=1S/C9H14BrNO2/c1-6-4-7(12)11(5-6)8(13)9(2,3)10/h6H,4-5H2,1-3H3. The maximum Gasteiger partial charge on any atom is 0.245 e. The van der Waals surface area contributed by atoms with E-state index in [-0.39, 0.29) is 11.8 Å². The summed E-state index contributed by atoms with van der Waals surface area (Å²) < 4.78 is -0.632. The van der Waals surface area contributed by atoms with E-state index in [0.717, 1.165) is 0 Å². The monoisotopic (exact) mass is 247 g/mol. The molecule has 0 aliphatic carbocycles. The zero-order valence-corrected chi connectivity index (χ0v) is 9.72. The third kappa shape index (κ3) is 2.30. The first-order chi connectivity index (χ1) is 5.82. The van der Waals surface area contributed by atoms with Crippen molar-refractivity contribution in [2.24, 2.45) is 5.92 Å². The number of hydrogen-bond donors (Lipinski definition) is 0. The lowest BCUT2D eigenvalue weighted by atomic mass is 10.1. The highest BCUT2D eigenvalue weighted by Crippen LogP contribution is 2.25. The van der Waals surface area contributed by atoms with Gasteiger partial charge < -0.3 is 0 Å². The molecule has 0 bridgehead atoms. The van der Waals surface area contributed by atoms with E-state index in [9.17, 15) is 9.59 Å². The minimum Gasteiger partial charge on any atom is -0.281 e. The van der Waals surface area contributed by atoms with E-state index in [1.807, 2.05) is 6.92 Å². The Morgan fingerprint density at radius 2 is 2.15 bits per heavy atom. The molecule has 1 unspecified atom stereocenters. The van der Waals surface area contributed by atoms with Crippen molar-refractivity contribution in [3.63, 3.8) is 0 Å². The number of likely N-dealkylation sites (tertiary alicyclic amines) is 1. The molecule has 0 aromatic heterocycles. The lowest BCUT2D eigenvalue weighted by Crippen LogP contribution is -2.42. The number of nitrogens with zero attached hydrogens (tertiary/aromatic N) is 1. The van der Waals surface area contributed by atoms with Gasteiger partial charge >= 0.3 is 0 Å². The quantitative estimate of drug-likeness (QED) is 0.660. The van der Waals surface area contributed by atoms with Gasteiger partial charge in [-0.15, -0.1) is 0 Å². The molecule has 13 heavy (non-hydrogen) atoms. The van der Waals surface area contributed by atoms with Crippen LogP contribution in [0.4, 0.5) is 0 Å². The lowest BCUT2D eigenvalue weighted by molar-refractivity contribution is -0.142. The molecule has 0 radical (unpaired) electrons. The fourth-order valence-corrected chi connectivity index (χ4v) is 1.62. The molecule has 2 amide bonds. The zero-order valence-electron chi connectivity index (χ0n) is 8.13. The summed E-state index contributed by atoms with van der Waals surface area (Å²) in [5.41, 5.74) is 0. The Bertz CT molecular complexity index is 244. The molecule has 1 aliphatic rings. The Hall–Kier alpha value is -0.380. The van der Waals surface area contributed by atoms with Crippen LogP contribution in [-0.4, -0.2) is 27.6 Å². The van der Waals surface area contributed by atoms with Gasteiger partial charge in [0.15, 0.2) is 0 Å². The molecule has 1 fully saturated rings. The summed E-state index contributed by atoms with van der Waals surface area (Å²) in [5.74, 6) is 0.109. The average Bonchev–Trinajstić information content (AvgIpc) is 2.26. The molecule has 1 saturated heterocycles. The topological polar surface area (TPSA) is 37.4 Å². The second-order valence-corrected chi connectivity index (χ2v) is 6.07. The number of carbonyl (C=O) groups is 2. The molecule has 0 aromatic carbocycles. The van der Waals surface area contributed by atoms with Gasteiger partial charge in [-0.1, -0.05) is 22.9 Å². The summed E-state index contributed by atoms with van der Waals surface area (Å²) in [4.78, 5) is 24.4. The molecule has 1 atom stereocenters. The largest absolute Gasteiger partial charge is 0.281 e. The van der Waals surface area contributed by atoms with Crippen LogP contribution >= 0.6 is 15.9 Å². The first-order valence-corrected chi connectivity index (χ1v) is 5.15. The van der Waals surface area contributed by atoms with Crippen molar-refractivity contribution in [2.75, 3.05) is 6.54 Å². The van der Waals surface area contributed by atoms with Crippen LogP contribution in [0, 0.1) is 5.92 Å². The highest BCUT2D eigenvalue weighted by molar-refractivity contribution is 9.10. The Kier molecular flexibility index (Phi) is 2.80. The van der Waals surface area contributed by atoms with Crippen molar-refractivity contribution in [3.05, 3.63) is 0 Å². The van der Waals surface area contributed by atoms with Gasteiger partial charge in [0.2, 0.25) is 11.8 Å². The Labute approximate surface area is 86.6 Å². The van der Waals surface area contributed by atoms with Gasteiger partial charge in [0, 0.05) is 13.0 Å². The van der Waals surface area contributed by atoms with Gasteiger partial charge in [-0.3, -0.25) is 14.5 Å². The van der Waals surface area contributed by atoms with Crippen LogP contribution < -0.4 is 0 Å². The molecule has 4 heteroatoms. The van der Waals surface area contributed by atoms with E-state index in [0.29, 0.717) is 18.9 Å². The van der Waals surface area contributed by atoms with Crippen LogP contribution in [0.5, 0.6) is 0 Å². The number of alkyl halides is 1. The SMILES string of the molecule is CC1CC(=O)N(C(=O)C(C)(C)Br)C1. The summed E-state index contributed by atoms with van der Waals surface area (Å²) in [5, 5.41) is 0. The summed E-state index contributed by atoms with van der Waals surface area (Å²) in [6.45, 7) is 6.05. The Balaban J connectivity index is 2.74. The fourth-order valence-electron chi connectivity index (χ4n) is 1.40. The van der Waals surface area contributed by atoms with Gasteiger partial charge in [0.05, 0.1) is 4.32 Å². The van der Waals surface area contributed by atoms with Gasteiger partial charge in [0.25, 0.3) is 0 Å². The maximum atomic E-state index is 11.7. The van der Waals surface area contributed by atoms with E-state index >= 15 is 0 Å². The normalized spacial score (nSPS) is 23.8. The molecule has 1 aliphatic heterocycles. The molecule has 0 N–H and O–H groups in total. The molecule has 0 spiro atoms. The third-order valence-corrected chi connectivity index (χ3v) is 2.41. The summed E-state index contributed by atoms with van der Waals surface area (Å²) >= 11 is 3.26. The Morgan fingerprint density at radius 3 is 2.46 bits per heavy atom. The molecule has 0 aromatic rings. The smallest absolute Gasteiger partial charge is 0.245 e. The lowest BCUT2D eigenvalue weighted by Gasteiger charge is -2.22. The minimum absolute atomic E-state index is 0.0509. The zero-order chi connectivity index (χ0) is 10.2. The number of halogens is 1. The van der Waals surface area contributed by atoms with Crippen molar-refractivity contribution in [2.45, 2.75) is 31.5 Å². The second-order valence-electron chi connectivity index (χ2n) is 4.09. The van der Waals surface area contributed by atoms with Crippen molar-refractivity contribution in [3.8, 4) is 0 Å². The van der Waals surface area contributed by atoms with Crippen LogP contribution in [0.1, 0.15) is 27.2 Å². The first-order valence-electron chi connectivity index (χ1n) is 4.36. The Morgan fingerprint density at radius 1 is 1.62 bits per heavy atom.